The minimum Gasteiger partial charge on any atom is -0.445 e. The first-order chi connectivity index (χ1) is 9.85. The van der Waals surface area contributed by atoms with Gasteiger partial charge in [-0.05, 0) is 5.56 Å². The van der Waals surface area contributed by atoms with Crippen LogP contribution in [0.4, 0.5) is 13.1 Å². The summed E-state index contributed by atoms with van der Waals surface area (Å²) in [7, 11) is -4.78. The Morgan fingerprint density at radius 2 is 2.00 bits per heavy atom. The van der Waals surface area contributed by atoms with Gasteiger partial charge in [0.05, 0.1) is 12.6 Å². The van der Waals surface area contributed by atoms with Crippen LogP contribution in [0.1, 0.15) is 12.0 Å². The van der Waals surface area contributed by atoms with Gasteiger partial charge < -0.3 is 9.64 Å². The van der Waals surface area contributed by atoms with Gasteiger partial charge in [0.2, 0.25) is 0 Å². The fourth-order valence-electron chi connectivity index (χ4n) is 2.27. The van der Waals surface area contributed by atoms with E-state index in [9.17, 15) is 21.5 Å². The van der Waals surface area contributed by atoms with Gasteiger partial charge >= 0.3 is 16.3 Å². The first-order valence-corrected chi connectivity index (χ1v) is 7.94. The quantitative estimate of drug-likeness (QED) is 0.797. The van der Waals surface area contributed by atoms with Crippen molar-refractivity contribution in [2.24, 2.45) is 0 Å². The summed E-state index contributed by atoms with van der Waals surface area (Å²) in [6, 6.07) is 7.82. The highest BCUT2D eigenvalue weighted by Crippen LogP contribution is 2.23. The summed E-state index contributed by atoms with van der Waals surface area (Å²) in [5, 5.41) is 0. The molecule has 21 heavy (non-hydrogen) atoms. The van der Waals surface area contributed by atoms with E-state index in [0.717, 1.165) is 10.5 Å². The molecule has 1 aromatic carbocycles. The molecule has 0 bridgehead atoms. The fourth-order valence-corrected chi connectivity index (χ4v) is 3.05. The molecule has 1 heterocycles. The third-order valence-corrected chi connectivity index (χ3v) is 3.98. The van der Waals surface area contributed by atoms with Gasteiger partial charge in [-0.1, -0.05) is 30.3 Å². The van der Waals surface area contributed by atoms with Crippen LogP contribution in [0.15, 0.2) is 30.3 Å². The number of hydrogen-bond acceptors (Lipinski definition) is 4. The first-order valence-electron chi connectivity index (χ1n) is 6.39. The lowest BCUT2D eigenvalue weighted by Gasteiger charge is -2.22. The number of amides is 1. The lowest BCUT2D eigenvalue weighted by molar-refractivity contribution is 0.0931. The number of nitrogens with zero attached hydrogens (tertiary/aromatic N) is 1. The van der Waals surface area contributed by atoms with Crippen molar-refractivity contribution in [1.29, 1.82) is 0 Å². The molecule has 1 aliphatic heterocycles. The molecule has 2 atom stereocenters. The highest BCUT2D eigenvalue weighted by Gasteiger charge is 2.38. The van der Waals surface area contributed by atoms with Crippen molar-refractivity contribution >= 4 is 16.3 Å². The summed E-state index contributed by atoms with van der Waals surface area (Å²) in [5.74, 6) is -0.909. The van der Waals surface area contributed by atoms with E-state index >= 15 is 0 Å². The second kappa shape index (κ2) is 6.38. The molecule has 1 amide bonds. The minimum absolute atomic E-state index is 0.0117. The third kappa shape index (κ3) is 4.66. The van der Waals surface area contributed by atoms with Gasteiger partial charge in [-0.2, -0.15) is 8.42 Å². The van der Waals surface area contributed by atoms with Crippen molar-refractivity contribution in [2.45, 2.75) is 25.2 Å². The normalized spacial score (nSPS) is 22.3. The molecule has 116 valence electrons. The van der Waals surface area contributed by atoms with Crippen LogP contribution < -0.4 is 0 Å². The van der Waals surface area contributed by atoms with Crippen LogP contribution in [0.25, 0.3) is 0 Å². The molecule has 0 aliphatic carbocycles. The minimum atomic E-state index is -4.78. The van der Waals surface area contributed by atoms with Crippen LogP contribution >= 0.6 is 0 Å². The Balaban J connectivity index is 1.96. The zero-order valence-corrected chi connectivity index (χ0v) is 11.9. The molecule has 8 heteroatoms. The Morgan fingerprint density at radius 3 is 2.62 bits per heavy atom. The number of ether oxygens (including phenoxy) is 1. The van der Waals surface area contributed by atoms with E-state index < -0.39 is 34.3 Å². The smallest absolute Gasteiger partial charge is 0.410 e. The number of carbonyl (C=O) groups excluding carboxylic acids is 1. The SMILES string of the molecule is O=C(OCc1ccccc1)N1C[C@@H](F)C[C@H]1CS(=O)(=O)F. The van der Waals surface area contributed by atoms with Gasteiger partial charge in [0.15, 0.2) is 0 Å². The van der Waals surface area contributed by atoms with E-state index in [-0.39, 0.29) is 19.6 Å². The molecule has 0 aromatic heterocycles. The molecular formula is C13H15F2NO4S. The summed E-state index contributed by atoms with van der Waals surface area (Å²) in [6.07, 6.45) is -2.42. The van der Waals surface area contributed by atoms with Crippen molar-refractivity contribution in [2.75, 3.05) is 12.3 Å². The molecule has 1 saturated heterocycles. The van der Waals surface area contributed by atoms with Crippen LogP contribution in [0.2, 0.25) is 0 Å². The molecule has 1 aliphatic rings. The molecule has 0 spiro atoms. The van der Waals surface area contributed by atoms with Crippen LogP contribution in [-0.2, 0) is 21.6 Å². The second-order valence-electron chi connectivity index (χ2n) is 4.88. The maximum absolute atomic E-state index is 13.4. The zero-order chi connectivity index (χ0) is 15.5. The molecule has 2 rings (SSSR count). The van der Waals surface area contributed by atoms with Crippen molar-refractivity contribution in [1.82, 2.24) is 4.90 Å². The maximum Gasteiger partial charge on any atom is 0.410 e. The summed E-state index contributed by atoms with van der Waals surface area (Å²) < 4.78 is 52.4. The Hall–Kier alpha value is -1.70. The van der Waals surface area contributed by atoms with Crippen molar-refractivity contribution in [3.63, 3.8) is 0 Å². The van der Waals surface area contributed by atoms with Gasteiger partial charge in [0, 0.05) is 6.42 Å². The second-order valence-corrected chi connectivity index (χ2v) is 6.30. The van der Waals surface area contributed by atoms with Gasteiger partial charge in [-0.25, -0.2) is 9.18 Å². The molecule has 0 unspecified atom stereocenters. The Kier molecular flexibility index (Phi) is 4.76. The van der Waals surface area contributed by atoms with Gasteiger partial charge in [-0.3, -0.25) is 0 Å². The Labute approximate surface area is 121 Å². The van der Waals surface area contributed by atoms with E-state index in [1.54, 1.807) is 24.3 Å². The number of carbonyl (C=O) groups is 1. The lowest BCUT2D eigenvalue weighted by Crippen LogP contribution is -2.39. The number of rotatable bonds is 4. The van der Waals surface area contributed by atoms with E-state index in [1.807, 2.05) is 6.07 Å². The summed E-state index contributed by atoms with van der Waals surface area (Å²) in [6.45, 7) is -0.296. The van der Waals surface area contributed by atoms with Crippen LogP contribution in [0.3, 0.4) is 0 Å². The zero-order valence-electron chi connectivity index (χ0n) is 11.1. The molecule has 1 aromatic rings. The molecular weight excluding hydrogens is 304 g/mol. The van der Waals surface area contributed by atoms with E-state index in [4.69, 9.17) is 4.74 Å². The van der Waals surface area contributed by atoms with Crippen LogP contribution in [0, 0.1) is 0 Å². The average Bonchev–Trinajstić information content (AvgIpc) is 2.76. The third-order valence-electron chi connectivity index (χ3n) is 3.19. The number of halogens is 2. The number of benzene rings is 1. The number of likely N-dealkylation sites (tertiary alicyclic amines) is 1. The molecule has 1 fully saturated rings. The highest BCUT2D eigenvalue weighted by atomic mass is 32.3. The van der Waals surface area contributed by atoms with Crippen LogP contribution in [-0.4, -0.2) is 43.9 Å². The van der Waals surface area contributed by atoms with Gasteiger partial charge in [-0.15, -0.1) is 3.89 Å². The average molecular weight is 319 g/mol. The first kappa shape index (κ1) is 15.7. The molecule has 0 saturated carbocycles. The summed E-state index contributed by atoms with van der Waals surface area (Å²) >= 11 is 0. The Morgan fingerprint density at radius 1 is 1.33 bits per heavy atom. The highest BCUT2D eigenvalue weighted by molar-refractivity contribution is 7.86. The van der Waals surface area contributed by atoms with Gasteiger partial charge in [0.25, 0.3) is 0 Å². The standard InChI is InChI=1S/C13H15F2NO4S/c14-11-6-12(9-21(15,18)19)16(7-11)13(17)20-8-10-4-2-1-3-5-10/h1-5,11-12H,6-9H2/t11-,12-/m0/s1. The molecule has 0 radical (unpaired) electrons. The predicted molar refractivity (Wildman–Crippen MR) is 71.5 cm³/mol. The van der Waals surface area contributed by atoms with E-state index in [1.165, 1.54) is 0 Å². The largest absolute Gasteiger partial charge is 0.445 e. The van der Waals surface area contributed by atoms with Gasteiger partial charge in [0.1, 0.15) is 18.5 Å². The van der Waals surface area contributed by atoms with E-state index in [2.05, 4.69) is 0 Å². The number of alkyl halides is 1. The van der Waals surface area contributed by atoms with Crippen LogP contribution in [0.5, 0.6) is 0 Å². The van der Waals surface area contributed by atoms with Crippen molar-refractivity contribution in [3.05, 3.63) is 35.9 Å². The fraction of sp³-hybridized carbons (Fsp3) is 0.462. The number of hydrogen-bond donors (Lipinski definition) is 0. The molecule has 5 nitrogen and oxygen atoms in total. The summed E-state index contributed by atoms with van der Waals surface area (Å²) in [4.78, 5) is 12.8. The maximum atomic E-state index is 13.4. The Bertz CT molecular complexity index is 593. The molecule has 0 N–H and O–H groups in total. The summed E-state index contributed by atoms with van der Waals surface area (Å²) in [5.41, 5.74) is 0.747. The van der Waals surface area contributed by atoms with Crippen molar-refractivity contribution in [3.8, 4) is 0 Å². The lowest BCUT2D eigenvalue weighted by atomic mass is 10.2. The monoisotopic (exact) mass is 319 g/mol. The predicted octanol–water partition coefficient (Wildman–Crippen LogP) is 2.03. The van der Waals surface area contributed by atoms with E-state index in [0.29, 0.717) is 0 Å². The topological polar surface area (TPSA) is 63.7 Å². The van der Waals surface area contributed by atoms with Crippen molar-refractivity contribution < 1.29 is 26.2 Å².